The van der Waals surface area contributed by atoms with Gasteiger partial charge in [-0.25, -0.2) is 4.79 Å². The van der Waals surface area contributed by atoms with Crippen LogP contribution in [0.1, 0.15) is 58.4 Å². The van der Waals surface area contributed by atoms with Crippen molar-refractivity contribution in [3.8, 4) is 0 Å². The van der Waals surface area contributed by atoms with Gasteiger partial charge in [0.2, 0.25) is 0 Å². The molecule has 6 nitrogen and oxygen atoms in total. The van der Waals surface area contributed by atoms with E-state index >= 15 is 0 Å². The molecule has 0 heterocycles. The highest BCUT2D eigenvalue weighted by Gasteiger charge is 2.45. The van der Waals surface area contributed by atoms with Crippen LogP contribution >= 0.6 is 0 Å². The second kappa shape index (κ2) is 8.47. The van der Waals surface area contributed by atoms with Crippen LogP contribution < -0.4 is 5.32 Å². The second-order valence-electron chi connectivity index (χ2n) is 7.61. The van der Waals surface area contributed by atoms with Gasteiger partial charge in [0.15, 0.2) is 0 Å². The Morgan fingerprint density at radius 1 is 0.966 bits per heavy atom. The SMILES string of the molecule is Cc1ccc(C(=O)N(C)C2(C(=O)O)CCCCC2)cc1NC(=O)c1ccccc1. The predicted molar refractivity (Wildman–Crippen MR) is 111 cm³/mol. The third kappa shape index (κ3) is 4.16. The summed E-state index contributed by atoms with van der Waals surface area (Å²) < 4.78 is 0. The van der Waals surface area contributed by atoms with Crippen molar-refractivity contribution in [3.05, 3.63) is 65.2 Å². The Balaban J connectivity index is 1.85. The Morgan fingerprint density at radius 2 is 1.62 bits per heavy atom. The third-order valence-corrected chi connectivity index (χ3v) is 5.79. The second-order valence-corrected chi connectivity index (χ2v) is 7.61. The van der Waals surface area contributed by atoms with Crippen LogP contribution in [0.2, 0.25) is 0 Å². The molecule has 0 aromatic heterocycles. The summed E-state index contributed by atoms with van der Waals surface area (Å²) in [6.07, 6.45) is 3.46. The fraction of sp³-hybridized carbons (Fsp3) is 0.348. The molecule has 0 bridgehead atoms. The van der Waals surface area contributed by atoms with Crippen molar-refractivity contribution in [2.24, 2.45) is 0 Å². The molecular weight excluding hydrogens is 368 g/mol. The molecule has 1 fully saturated rings. The van der Waals surface area contributed by atoms with Gasteiger partial charge in [0.25, 0.3) is 11.8 Å². The number of carboxylic acids is 1. The minimum Gasteiger partial charge on any atom is -0.479 e. The minimum atomic E-state index is -1.17. The van der Waals surface area contributed by atoms with Crippen LogP contribution in [0.3, 0.4) is 0 Å². The number of aliphatic carboxylic acids is 1. The van der Waals surface area contributed by atoms with Crippen LogP contribution in [0.15, 0.2) is 48.5 Å². The fourth-order valence-corrected chi connectivity index (χ4v) is 3.89. The van der Waals surface area contributed by atoms with E-state index in [1.165, 1.54) is 4.90 Å². The normalized spacial score (nSPS) is 15.4. The molecule has 152 valence electrons. The van der Waals surface area contributed by atoms with Crippen molar-refractivity contribution in [1.82, 2.24) is 4.90 Å². The molecular formula is C23H26N2O4. The average Bonchev–Trinajstić information content (AvgIpc) is 2.75. The Kier molecular flexibility index (Phi) is 6.01. The van der Waals surface area contributed by atoms with E-state index in [4.69, 9.17) is 0 Å². The number of amides is 2. The molecule has 0 saturated heterocycles. The Morgan fingerprint density at radius 3 is 2.24 bits per heavy atom. The molecule has 0 unspecified atom stereocenters. The first kappa shape index (κ1) is 20.6. The Bertz CT molecular complexity index is 918. The lowest BCUT2D eigenvalue weighted by Gasteiger charge is -2.41. The van der Waals surface area contributed by atoms with E-state index < -0.39 is 11.5 Å². The zero-order valence-electron chi connectivity index (χ0n) is 16.8. The van der Waals surface area contributed by atoms with Gasteiger partial charge in [0.05, 0.1) is 0 Å². The van der Waals surface area contributed by atoms with Gasteiger partial charge in [-0.2, -0.15) is 0 Å². The van der Waals surface area contributed by atoms with Gasteiger partial charge >= 0.3 is 5.97 Å². The van der Waals surface area contributed by atoms with E-state index in [0.29, 0.717) is 29.7 Å². The molecule has 3 rings (SSSR count). The van der Waals surface area contributed by atoms with Crippen molar-refractivity contribution >= 4 is 23.5 Å². The number of carboxylic acid groups (broad SMARTS) is 1. The molecule has 2 amide bonds. The van der Waals surface area contributed by atoms with Crippen molar-refractivity contribution in [1.29, 1.82) is 0 Å². The number of nitrogens with zero attached hydrogens (tertiary/aromatic N) is 1. The third-order valence-electron chi connectivity index (χ3n) is 5.79. The number of hydrogen-bond acceptors (Lipinski definition) is 3. The quantitative estimate of drug-likeness (QED) is 0.799. The summed E-state index contributed by atoms with van der Waals surface area (Å²) in [5.74, 6) is -1.58. The number of carbonyl (C=O) groups excluding carboxylic acids is 2. The standard InChI is InChI=1S/C23H26N2O4/c1-16-11-12-18(15-19(16)24-20(26)17-9-5-3-6-10-17)21(27)25(2)23(22(28)29)13-7-4-8-14-23/h3,5-6,9-12,15H,4,7-8,13-14H2,1-2H3,(H,24,26)(H,28,29). The van der Waals surface area contributed by atoms with E-state index in [0.717, 1.165) is 24.8 Å². The van der Waals surface area contributed by atoms with Crippen molar-refractivity contribution in [3.63, 3.8) is 0 Å². The first-order valence-electron chi connectivity index (χ1n) is 9.84. The minimum absolute atomic E-state index is 0.263. The van der Waals surface area contributed by atoms with Crippen LogP contribution in [0.5, 0.6) is 0 Å². The highest BCUT2D eigenvalue weighted by molar-refractivity contribution is 6.05. The summed E-state index contributed by atoms with van der Waals surface area (Å²) in [5, 5.41) is 12.7. The number of benzene rings is 2. The lowest BCUT2D eigenvalue weighted by atomic mass is 9.80. The monoisotopic (exact) mass is 394 g/mol. The molecule has 2 aromatic carbocycles. The van der Waals surface area contributed by atoms with Crippen molar-refractivity contribution < 1.29 is 19.5 Å². The molecule has 6 heteroatoms. The summed E-state index contributed by atoms with van der Waals surface area (Å²) in [6.45, 7) is 1.85. The van der Waals surface area contributed by atoms with E-state index in [1.54, 1.807) is 49.5 Å². The van der Waals surface area contributed by atoms with Crippen LogP contribution in [0, 0.1) is 6.92 Å². The largest absolute Gasteiger partial charge is 0.479 e. The maximum Gasteiger partial charge on any atom is 0.329 e. The highest BCUT2D eigenvalue weighted by Crippen LogP contribution is 2.34. The van der Waals surface area contributed by atoms with Crippen LogP contribution in [0.25, 0.3) is 0 Å². The lowest BCUT2D eigenvalue weighted by molar-refractivity contribution is -0.151. The van der Waals surface area contributed by atoms with Gasteiger partial charge in [-0.15, -0.1) is 0 Å². The number of hydrogen-bond donors (Lipinski definition) is 2. The molecule has 1 aliphatic rings. The van der Waals surface area contributed by atoms with E-state index in [9.17, 15) is 19.5 Å². The maximum absolute atomic E-state index is 13.1. The number of carbonyl (C=O) groups is 3. The fourth-order valence-electron chi connectivity index (χ4n) is 3.89. The Labute approximate surface area is 170 Å². The van der Waals surface area contributed by atoms with Gasteiger partial charge in [0, 0.05) is 23.9 Å². The number of rotatable bonds is 5. The van der Waals surface area contributed by atoms with Crippen molar-refractivity contribution in [2.75, 3.05) is 12.4 Å². The summed E-state index contributed by atoms with van der Waals surface area (Å²) >= 11 is 0. The van der Waals surface area contributed by atoms with Crippen LogP contribution in [-0.4, -0.2) is 40.4 Å². The smallest absolute Gasteiger partial charge is 0.329 e. The van der Waals surface area contributed by atoms with Gasteiger partial charge < -0.3 is 15.3 Å². The topological polar surface area (TPSA) is 86.7 Å². The van der Waals surface area contributed by atoms with E-state index in [1.807, 2.05) is 13.0 Å². The zero-order valence-corrected chi connectivity index (χ0v) is 16.8. The molecule has 1 aliphatic carbocycles. The lowest BCUT2D eigenvalue weighted by Crippen LogP contribution is -2.56. The van der Waals surface area contributed by atoms with Crippen molar-refractivity contribution in [2.45, 2.75) is 44.6 Å². The van der Waals surface area contributed by atoms with E-state index in [-0.39, 0.29) is 11.8 Å². The molecule has 0 radical (unpaired) electrons. The van der Waals surface area contributed by atoms with Gasteiger partial charge in [-0.3, -0.25) is 9.59 Å². The summed E-state index contributed by atoms with van der Waals surface area (Å²) in [6, 6.07) is 13.9. The molecule has 2 N–H and O–H groups in total. The average molecular weight is 394 g/mol. The zero-order chi connectivity index (χ0) is 21.0. The molecule has 29 heavy (non-hydrogen) atoms. The van der Waals surface area contributed by atoms with Crippen LogP contribution in [0.4, 0.5) is 5.69 Å². The summed E-state index contributed by atoms with van der Waals surface area (Å²) in [7, 11) is 1.56. The number of likely N-dealkylation sites (N-methyl/N-ethyl adjacent to an activating group) is 1. The number of aryl methyl sites for hydroxylation is 1. The van der Waals surface area contributed by atoms with Gasteiger partial charge in [-0.05, 0) is 49.6 Å². The number of anilines is 1. The summed E-state index contributed by atoms with van der Waals surface area (Å²) in [4.78, 5) is 39.0. The Hall–Kier alpha value is -3.15. The molecule has 0 aliphatic heterocycles. The predicted octanol–water partition coefficient (Wildman–Crippen LogP) is 4.11. The highest BCUT2D eigenvalue weighted by atomic mass is 16.4. The molecule has 0 spiro atoms. The maximum atomic E-state index is 13.1. The first-order chi connectivity index (χ1) is 13.8. The van der Waals surface area contributed by atoms with Crippen LogP contribution in [-0.2, 0) is 4.79 Å². The van der Waals surface area contributed by atoms with Gasteiger partial charge in [0.1, 0.15) is 5.54 Å². The first-order valence-corrected chi connectivity index (χ1v) is 9.84. The number of nitrogens with one attached hydrogen (secondary N) is 1. The molecule has 2 aromatic rings. The summed E-state index contributed by atoms with van der Waals surface area (Å²) in [5.41, 5.74) is 1.05. The molecule has 0 atom stereocenters. The van der Waals surface area contributed by atoms with E-state index in [2.05, 4.69) is 5.32 Å². The van der Waals surface area contributed by atoms with Gasteiger partial charge in [-0.1, -0.05) is 43.5 Å². The molecule has 1 saturated carbocycles.